The molecule has 5 aromatic rings. The first kappa shape index (κ1) is 22.3. The van der Waals surface area contributed by atoms with Gasteiger partial charge in [0.25, 0.3) is 0 Å². The average molecular weight is 479 g/mol. The average Bonchev–Trinajstić information content (AvgIpc) is 3.32. The standard InChI is InChI=1S/C26H16F3NO5/c27-26(28,29)17-3-1-2-16(10-17)23-11-20(35-30-23)13-33-19-8-9-21-24(12-19)34-14-22(25(21)32)15-4-6-18(31)7-5-15/h1-12,14,31H,13H2. The lowest BCUT2D eigenvalue weighted by Gasteiger charge is -2.07. The van der Waals surface area contributed by atoms with Crippen LogP contribution in [-0.4, -0.2) is 10.3 Å². The topological polar surface area (TPSA) is 85.7 Å². The van der Waals surface area contributed by atoms with Crippen molar-refractivity contribution in [3.8, 4) is 33.9 Å². The van der Waals surface area contributed by atoms with E-state index in [1.54, 1.807) is 30.3 Å². The van der Waals surface area contributed by atoms with Crippen LogP contribution < -0.4 is 10.2 Å². The first-order valence-electron chi connectivity index (χ1n) is 10.4. The van der Waals surface area contributed by atoms with E-state index in [9.17, 15) is 23.1 Å². The normalized spacial score (nSPS) is 11.6. The van der Waals surface area contributed by atoms with Gasteiger partial charge in [-0.15, -0.1) is 0 Å². The first-order chi connectivity index (χ1) is 16.8. The molecule has 0 aliphatic carbocycles. The third-order valence-corrected chi connectivity index (χ3v) is 5.35. The lowest BCUT2D eigenvalue weighted by atomic mass is 10.1. The molecule has 3 aromatic carbocycles. The molecule has 0 aliphatic heterocycles. The maximum absolute atomic E-state index is 13.0. The fourth-order valence-electron chi connectivity index (χ4n) is 3.57. The van der Waals surface area contributed by atoms with Crippen LogP contribution in [0.3, 0.4) is 0 Å². The van der Waals surface area contributed by atoms with Gasteiger partial charge in [-0.2, -0.15) is 13.2 Å². The summed E-state index contributed by atoms with van der Waals surface area (Å²) >= 11 is 0. The highest BCUT2D eigenvalue weighted by Crippen LogP contribution is 2.32. The van der Waals surface area contributed by atoms with E-state index < -0.39 is 11.7 Å². The molecule has 6 nitrogen and oxygen atoms in total. The van der Waals surface area contributed by atoms with Gasteiger partial charge in [-0.1, -0.05) is 29.4 Å². The third-order valence-electron chi connectivity index (χ3n) is 5.35. The van der Waals surface area contributed by atoms with Crippen LogP contribution in [0.4, 0.5) is 13.2 Å². The minimum absolute atomic E-state index is 0.0344. The first-order valence-corrected chi connectivity index (χ1v) is 10.4. The van der Waals surface area contributed by atoms with E-state index in [0.717, 1.165) is 12.1 Å². The molecule has 0 fully saturated rings. The number of rotatable bonds is 5. The van der Waals surface area contributed by atoms with E-state index in [0.29, 0.717) is 33.6 Å². The molecule has 35 heavy (non-hydrogen) atoms. The van der Waals surface area contributed by atoms with Crippen molar-refractivity contribution in [2.24, 2.45) is 0 Å². The van der Waals surface area contributed by atoms with E-state index in [2.05, 4.69) is 5.16 Å². The predicted octanol–water partition coefficient (Wildman–Crippen LogP) is 6.42. The molecule has 0 radical (unpaired) electrons. The lowest BCUT2D eigenvalue weighted by Crippen LogP contribution is -2.05. The van der Waals surface area contributed by atoms with Crippen LogP contribution in [0.2, 0.25) is 0 Å². The molecule has 0 spiro atoms. The second kappa shape index (κ2) is 8.68. The summed E-state index contributed by atoms with van der Waals surface area (Å²) in [6.07, 6.45) is -3.11. The summed E-state index contributed by atoms with van der Waals surface area (Å²) in [5.41, 5.74) is 0.798. The Kier molecular flexibility index (Phi) is 5.52. The van der Waals surface area contributed by atoms with Crippen LogP contribution in [0.5, 0.6) is 11.5 Å². The van der Waals surface area contributed by atoms with Crippen molar-refractivity contribution in [1.82, 2.24) is 5.16 Å². The van der Waals surface area contributed by atoms with Gasteiger partial charge >= 0.3 is 6.18 Å². The van der Waals surface area contributed by atoms with Crippen molar-refractivity contribution in [2.75, 3.05) is 0 Å². The molecular weight excluding hydrogens is 463 g/mol. The van der Waals surface area contributed by atoms with Gasteiger partial charge in [-0.05, 0) is 42.0 Å². The number of alkyl halides is 3. The maximum atomic E-state index is 13.0. The summed E-state index contributed by atoms with van der Waals surface area (Å²) in [4.78, 5) is 12.9. The van der Waals surface area contributed by atoms with Gasteiger partial charge in [0.15, 0.2) is 11.2 Å². The predicted molar refractivity (Wildman–Crippen MR) is 121 cm³/mol. The zero-order valence-corrected chi connectivity index (χ0v) is 17.9. The van der Waals surface area contributed by atoms with E-state index in [1.807, 2.05) is 0 Å². The van der Waals surface area contributed by atoms with Gasteiger partial charge in [0.2, 0.25) is 0 Å². The molecule has 2 heterocycles. The largest absolute Gasteiger partial charge is 0.508 e. The number of aromatic hydroxyl groups is 1. The number of ether oxygens (including phenoxy) is 1. The number of benzene rings is 3. The molecule has 0 aliphatic rings. The van der Waals surface area contributed by atoms with Gasteiger partial charge in [0.05, 0.1) is 16.5 Å². The van der Waals surface area contributed by atoms with E-state index in [4.69, 9.17) is 13.7 Å². The van der Waals surface area contributed by atoms with E-state index in [1.165, 1.54) is 36.6 Å². The number of hydrogen-bond acceptors (Lipinski definition) is 6. The highest BCUT2D eigenvalue weighted by molar-refractivity contribution is 5.82. The van der Waals surface area contributed by atoms with Crippen LogP contribution in [0.25, 0.3) is 33.4 Å². The third kappa shape index (κ3) is 4.61. The molecule has 176 valence electrons. The Morgan fingerprint density at radius 2 is 1.74 bits per heavy atom. The quantitative estimate of drug-likeness (QED) is 0.313. The van der Waals surface area contributed by atoms with E-state index in [-0.39, 0.29) is 29.0 Å². The smallest absolute Gasteiger partial charge is 0.416 e. The molecule has 0 saturated carbocycles. The SMILES string of the molecule is O=c1c(-c2ccc(O)cc2)coc2cc(OCc3cc(-c4cccc(C(F)(F)F)c4)no3)ccc12. The highest BCUT2D eigenvalue weighted by atomic mass is 19.4. The Hall–Kier alpha value is -4.53. The maximum Gasteiger partial charge on any atom is 0.416 e. The molecule has 0 bridgehead atoms. The Morgan fingerprint density at radius 1 is 0.943 bits per heavy atom. The van der Waals surface area contributed by atoms with E-state index >= 15 is 0 Å². The number of phenols is 1. The van der Waals surface area contributed by atoms with Crippen molar-refractivity contribution < 1.29 is 32.0 Å². The van der Waals surface area contributed by atoms with Crippen LogP contribution in [-0.2, 0) is 12.8 Å². The summed E-state index contributed by atoms with van der Waals surface area (Å²) in [5, 5.41) is 13.6. The zero-order chi connectivity index (χ0) is 24.6. The van der Waals surface area contributed by atoms with Gasteiger partial charge < -0.3 is 18.8 Å². The summed E-state index contributed by atoms with van der Waals surface area (Å²) < 4.78 is 55.4. The second-order valence-electron chi connectivity index (χ2n) is 7.73. The van der Waals surface area contributed by atoms with Crippen LogP contribution in [0, 0.1) is 0 Å². The minimum atomic E-state index is -4.46. The molecule has 5 rings (SSSR count). The molecule has 0 saturated heterocycles. The monoisotopic (exact) mass is 479 g/mol. The minimum Gasteiger partial charge on any atom is -0.508 e. The summed E-state index contributed by atoms with van der Waals surface area (Å²) in [6, 6.07) is 17.2. The number of fused-ring (bicyclic) bond motifs is 1. The Bertz CT molecular complexity index is 1570. The highest BCUT2D eigenvalue weighted by Gasteiger charge is 2.30. The summed E-state index contributed by atoms with van der Waals surface area (Å²) in [6.45, 7) is -0.0344. The van der Waals surface area contributed by atoms with Crippen molar-refractivity contribution in [2.45, 2.75) is 12.8 Å². The van der Waals surface area contributed by atoms with Crippen LogP contribution in [0.1, 0.15) is 11.3 Å². The summed E-state index contributed by atoms with van der Waals surface area (Å²) in [5.74, 6) is 0.797. The van der Waals surface area contributed by atoms with Crippen molar-refractivity contribution in [3.05, 3.63) is 101 Å². The molecule has 0 amide bonds. The van der Waals surface area contributed by atoms with Crippen molar-refractivity contribution >= 4 is 11.0 Å². The number of phenolic OH excluding ortho intramolecular Hbond substituents is 1. The number of hydrogen-bond donors (Lipinski definition) is 1. The molecule has 9 heteroatoms. The molecule has 2 aromatic heterocycles. The Morgan fingerprint density at radius 3 is 2.51 bits per heavy atom. The van der Waals surface area contributed by atoms with Gasteiger partial charge in [-0.25, -0.2) is 0 Å². The molecular formula is C26H16F3NO5. The van der Waals surface area contributed by atoms with Crippen LogP contribution in [0.15, 0.2) is 92.8 Å². The zero-order valence-electron chi connectivity index (χ0n) is 17.9. The van der Waals surface area contributed by atoms with Gasteiger partial charge in [0.1, 0.15) is 35.6 Å². The second-order valence-corrected chi connectivity index (χ2v) is 7.73. The fraction of sp³-hybridized carbons (Fsp3) is 0.0769. The Labute approximate surface area is 195 Å². The number of aromatic nitrogens is 1. The van der Waals surface area contributed by atoms with Crippen molar-refractivity contribution in [3.63, 3.8) is 0 Å². The lowest BCUT2D eigenvalue weighted by molar-refractivity contribution is -0.137. The number of nitrogens with zero attached hydrogens (tertiary/aromatic N) is 1. The number of halogens is 3. The molecule has 0 atom stereocenters. The summed E-state index contributed by atoms with van der Waals surface area (Å²) in [7, 11) is 0. The molecule has 0 unspecified atom stereocenters. The molecule has 1 N–H and O–H groups in total. The van der Waals surface area contributed by atoms with Crippen molar-refractivity contribution in [1.29, 1.82) is 0 Å². The fourth-order valence-corrected chi connectivity index (χ4v) is 3.57. The van der Waals surface area contributed by atoms with Gasteiger partial charge in [-0.3, -0.25) is 4.79 Å². The Balaban J connectivity index is 1.33. The van der Waals surface area contributed by atoms with Crippen LogP contribution >= 0.6 is 0 Å². The van der Waals surface area contributed by atoms with Gasteiger partial charge in [0, 0.05) is 17.7 Å².